The van der Waals surface area contributed by atoms with Gasteiger partial charge in [0, 0.05) is 55.4 Å². The fourth-order valence-corrected chi connectivity index (χ4v) is 5.40. The summed E-state index contributed by atoms with van der Waals surface area (Å²) in [4.78, 5) is 39.4. The Morgan fingerprint density at radius 3 is 2.45 bits per heavy atom. The molecular weight excluding hydrogens is 562 g/mol. The minimum Gasteiger partial charge on any atom is -0.494 e. The Morgan fingerprint density at radius 2 is 1.70 bits per heavy atom. The van der Waals surface area contributed by atoms with Crippen LogP contribution in [0.2, 0.25) is 0 Å². The Labute approximate surface area is 255 Å². The van der Waals surface area contributed by atoms with Crippen LogP contribution in [-0.2, 0) is 9.53 Å². The average Bonchev–Trinajstić information content (AvgIpc) is 3.63. The number of rotatable bonds is 8. The van der Waals surface area contributed by atoms with Gasteiger partial charge in [-0.3, -0.25) is 9.69 Å². The third kappa shape index (κ3) is 5.97. The van der Waals surface area contributed by atoms with Crippen molar-refractivity contribution in [2.24, 2.45) is 4.99 Å². The second kappa shape index (κ2) is 12.4. The van der Waals surface area contributed by atoms with E-state index in [1.54, 1.807) is 37.1 Å². The van der Waals surface area contributed by atoms with Crippen LogP contribution in [0.5, 0.6) is 17.4 Å². The molecule has 0 unspecified atom stereocenters. The molecule has 1 fully saturated rings. The molecule has 11 heteroatoms. The number of likely N-dealkylation sites (N-methyl/N-ethyl adjacent to an activating group) is 2. The number of aliphatic imine (C=N–C) groups is 1. The molecule has 0 radical (unpaired) electrons. The van der Waals surface area contributed by atoms with Crippen molar-refractivity contribution in [2.75, 3.05) is 65.1 Å². The standard InChI is InChI=1S/C33H35N5O6/c1-4-42-33(41)22-5-11-25-26(17-22)35-32(40)30(25)31(21-6-12-27-28(18-21)44-20-43-27)34-23-7-9-24(10-8-23)37(3)29(39)19-38-15-13-36(2)14-16-38/h5-12,17-18,35,40H,4,13-16,19-20H2,1-3H3. The zero-order valence-corrected chi connectivity index (χ0v) is 25.0. The van der Waals surface area contributed by atoms with Crippen LogP contribution in [-0.4, -0.2) is 97.7 Å². The summed E-state index contributed by atoms with van der Waals surface area (Å²) in [6.07, 6.45) is 0. The Bertz CT molecular complexity index is 1720. The van der Waals surface area contributed by atoms with Crippen molar-refractivity contribution < 1.29 is 28.9 Å². The van der Waals surface area contributed by atoms with Crippen molar-refractivity contribution in [2.45, 2.75) is 6.92 Å². The Hall–Kier alpha value is -4.87. The lowest BCUT2D eigenvalue weighted by atomic mass is 9.99. The number of nitrogens with zero attached hydrogens (tertiary/aromatic N) is 4. The summed E-state index contributed by atoms with van der Waals surface area (Å²) in [7, 11) is 3.87. The van der Waals surface area contributed by atoms with Gasteiger partial charge in [0.15, 0.2) is 17.4 Å². The van der Waals surface area contributed by atoms with E-state index in [0.29, 0.717) is 57.0 Å². The highest BCUT2D eigenvalue weighted by molar-refractivity contribution is 6.22. The van der Waals surface area contributed by atoms with Crippen LogP contribution in [0.1, 0.15) is 28.4 Å². The van der Waals surface area contributed by atoms with Gasteiger partial charge in [-0.25, -0.2) is 9.79 Å². The van der Waals surface area contributed by atoms with Gasteiger partial charge in [0.1, 0.15) is 0 Å². The number of nitrogens with one attached hydrogen (secondary N) is 1. The molecule has 6 rings (SSSR count). The molecular formula is C33H35N5O6. The number of anilines is 1. The normalized spacial score (nSPS) is 15.5. The third-order valence-electron chi connectivity index (χ3n) is 7.98. The number of hydrogen-bond donors (Lipinski definition) is 2. The Morgan fingerprint density at radius 1 is 0.977 bits per heavy atom. The van der Waals surface area contributed by atoms with Gasteiger partial charge >= 0.3 is 5.97 Å². The number of piperazine rings is 1. The number of hydrogen-bond acceptors (Lipinski definition) is 9. The van der Waals surface area contributed by atoms with Crippen molar-refractivity contribution in [1.82, 2.24) is 14.8 Å². The lowest BCUT2D eigenvalue weighted by Crippen LogP contribution is -2.48. The highest BCUT2D eigenvalue weighted by Crippen LogP contribution is 2.37. The molecule has 1 amide bonds. The van der Waals surface area contributed by atoms with Crippen LogP contribution in [0.3, 0.4) is 0 Å². The van der Waals surface area contributed by atoms with Crippen LogP contribution < -0.4 is 14.4 Å². The van der Waals surface area contributed by atoms with Gasteiger partial charge < -0.3 is 34.1 Å². The molecule has 1 saturated heterocycles. The Balaban J connectivity index is 1.33. The van der Waals surface area contributed by atoms with Crippen molar-refractivity contribution in [3.63, 3.8) is 0 Å². The van der Waals surface area contributed by atoms with E-state index in [1.807, 2.05) is 42.5 Å². The van der Waals surface area contributed by atoms with Gasteiger partial charge in [0.25, 0.3) is 0 Å². The van der Waals surface area contributed by atoms with Crippen LogP contribution >= 0.6 is 0 Å². The summed E-state index contributed by atoms with van der Waals surface area (Å²) in [6.45, 7) is 6.16. The van der Waals surface area contributed by atoms with Crippen molar-refractivity contribution >= 4 is 39.9 Å². The SMILES string of the molecule is CCOC(=O)c1ccc2c(C(=Nc3ccc(N(C)C(=O)CN4CCN(C)CC4)cc3)c3ccc4c(c3)OCO4)c(O)[nH]c2c1. The Kier molecular flexibility index (Phi) is 8.23. The quantitative estimate of drug-likeness (QED) is 0.230. The monoisotopic (exact) mass is 597 g/mol. The van der Waals surface area contributed by atoms with Gasteiger partial charge in [0.05, 0.1) is 35.7 Å². The fraction of sp³-hybridized carbons (Fsp3) is 0.303. The van der Waals surface area contributed by atoms with Gasteiger partial charge in [-0.2, -0.15) is 0 Å². The lowest BCUT2D eigenvalue weighted by Gasteiger charge is -2.32. The van der Waals surface area contributed by atoms with E-state index in [2.05, 4.69) is 21.8 Å². The number of aromatic hydroxyl groups is 1. The van der Waals surface area contributed by atoms with Gasteiger partial charge in [0.2, 0.25) is 12.7 Å². The molecule has 0 spiro atoms. The second-order valence-corrected chi connectivity index (χ2v) is 10.9. The van der Waals surface area contributed by atoms with Crippen LogP contribution in [0.25, 0.3) is 10.9 Å². The molecule has 0 saturated carbocycles. The minimum atomic E-state index is -0.443. The summed E-state index contributed by atoms with van der Waals surface area (Å²) in [5, 5.41) is 11.8. The third-order valence-corrected chi connectivity index (χ3v) is 7.98. The first kappa shape index (κ1) is 29.2. The number of aromatic amines is 1. The predicted octanol–water partition coefficient (Wildman–Crippen LogP) is 4.16. The van der Waals surface area contributed by atoms with Gasteiger partial charge in [-0.05, 0) is 68.6 Å². The van der Waals surface area contributed by atoms with E-state index in [-0.39, 0.29) is 25.2 Å². The van der Waals surface area contributed by atoms with Gasteiger partial charge in [-0.15, -0.1) is 0 Å². The maximum Gasteiger partial charge on any atom is 0.338 e. The van der Waals surface area contributed by atoms with Crippen LogP contribution in [0.4, 0.5) is 11.4 Å². The molecule has 4 aromatic rings. The zero-order chi connectivity index (χ0) is 30.8. The first-order chi connectivity index (χ1) is 21.3. The molecule has 0 bridgehead atoms. The number of esters is 1. The number of carbonyl (C=O) groups is 2. The van der Waals surface area contributed by atoms with E-state index in [0.717, 1.165) is 31.9 Å². The number of carbonyl (C=O) groups excluding carboxylic acids is 2. The molecule has 228 valence electrons. The summed E-state index contributed by atoms with van der Waals surface area (Å²) < 4.78 is 16.3. The lowest BCUT2D eigenvalue weighted by molar-refractivity contribution is -0.119. The van der Waals surface area contributed by atoms with Gasteiger partial charge in [-0.1, -0.05) is 6.07 Å². The maximum atomic E-state index is 13.0. The molecule has 2 aliphatic heterocycles. The first-order valence-corrected chi connectivity index (χ1v) is 14.6. The van der Waals surface area contributed by atoms with Crippen LogP contribution in [0.15, 0.2) is 65.7 Å². The van der Waals surface area contributed by atoms with Crippen LogP contribution in [0, 0.1) is 0 Å². The number of aromatic nitrogens is 1. The second-order valence-electron chi connectivity index (χ2n) is 10.9. The van der Waals surface area contributed by atoms with E-state index >= 15 is 0 Å². The molecule has 0 atom stereocenters. The largest absolute Gasteiger partial charge is 0.494 e. The summed E-state index contributed by atoms with van der Waals surface area (Å²) in [6, 6.07) is 18.0. The van der Waals surface area contributed by atoms with E-state index < -0.39 is 5.97 Å². The number of ether oxygens (including phenoxy) is 3. The summed E-state index contributed by atoms with van der Waals surface area (Å²) >= 11 is 0. The number of amides is 1. The number of H-pyrrole nitrogens is 1. The highest BCUT2D eigenvalue weighted by Gasteiger charge is 2.23. The molecule has 11 nitrogen and oxygen atoms in total. The zero-order valence-electron chi connectivity index (χ0n) is 25.0. The topological polar surface area (TPSA) is 120 Å². The molecule has 2 N–H and O–H groups in total. The fourth-order valence-electron chi connectivity index (χ4n) is 5.40. The molecule has 2 aliphatic rings. The molecule has 44 heavy (non-hydrogen) atoms. The molecule has 3 aromatic carbocycles. The van der Waals surface area contributed by atoms with E-state index in [4.69, 9.17) is 19.2 Å². The predicted molar refractivity (Wildman–Crippen MR) is 168 cm³/mol. The average molecular weight is 598 g/mol. The smallest absolute Gasteiger partial charge is 0.338 e. The number of benzene rings is 3. The minimum absolute atomic E-state index is 0.0257. The van der Waals surface area contributed by atoms with Crippen molar-refractivity contribution in [1.29, 1.82) is 0 Å². The van der Waals surface area contributed by atoms with Crippen molar-refractivity contribution in [3.8, 4) is 17.4 Å². The van der Waals surface area contributed by atoms with E-state index in [9.17, 15) is 14.7 Å². The number of fused-ring (bicyclic) bond motifs is 2. The van der Waals surface area contributed by atoms with E-state index in [1.165, 1.54) is 0 Å². The molecule has 0 aliphatic carbocycles. The maximum absolute atomic E-state index is 13.0. The molecule has 3 heterocycles. The first-order valence-electron chi connectivity index (χ1n) is 14.6. The molecule has 1 aromatic heterocycles. The van der Waals surface area contributed by atoms with Crippen molar-refractivity contribution in [3.05, 3.63) is 77.4 Å². The summed E-state index contributed by atoms with van der Waals surface area (Å²) in [5.74, 6) is 0.696. The highest BCUT2D eigenvalue weighted by atomic mass is 16.7. The summed E-state index contributed by atoms with van der Waals surface area (Å²) in [5.41, 5.74) is 3.97.